The first kappa shape index (κ1) is 16.2. The predicted molar refractivity (Wildman–Crippen MR) is 96.6 cm³/mol. The van der Waals surface area contributed by atoms with Crippen LogP contribution in [-0.2, 0) is 0 Å². The van der Waals surface area contributed by atoms with E-state index in [9.17, 15) is 0 Å². The van der Waals surface area contributed by atoms with Gasteiger partial charge in [-0.15, -0.1) is 22.7 Å². The van der Waals surface area contributed by atoms with Crippen molar-refractivity contribution in [2.75, 3.05) is 6.54 Å². The Balaban J connectivity index is 2.38. The minimum atomic E-state index is 0.256. The molecule has 0 amide bonds. The second kappa shape index (κ2) is 7.18. The summed E-state index contributed by atoms with van der Waals surface area (Å²) in [4.78, 5) is 1.35. The van der Waals surface area contributed by atoms with Gasteiger partial charge >= 0.3 is 0 Å². The van der Waals surface area contributed by atoms with Gasteiger partial charge in [0.25, 0.3) is 0 Å². The topological polar surface area (TPSA) is 12.0 Å². The summed E-state index contributed by atoms with van der Waals surface area (Å²) in [5, 5.41) is 3.64. The number of rotatable bonds is 5. The highest BCUT2D eigenvalue weighted by Gasteiger charge is 2.21. The van der Waals surface area contributed by atoms with Gasteiger partial charge in [0.05, 0.1) is 17.4 Å². The van der Waals surface area contributed by atoms with E-state index in [1.807, 2.05) is 11.3 Å². The molecule has 0 fully saturated rings. The first-order valence-corrected chi connectivity index (χ1v) is 9.98. The van der Waals surface area contributed by atoms with Crippen LogP contribution in [0.3, 0.4) is 0 Å². The summed E-state index contributed by atoms with van der Waals surface area (Å²) in [7, 11) is 0. The molecule has 1 N–H and O–H groups in total. The number of hydrogen-bond acceptors (Lipinski definition) is 3. The van der Waals surface area contributed by atoms with Gasteiger partial charge in [-0.3, -0.25) is 0 Å². The number of hydrogen-bond donors (Lipinski definition) is 1. The Kier molecular flexibility index (Phi) is 6.11. The van der Waals surface area contributed by atoms with Crippen molar-refractivity contribution in [1.82, 2.24) is 5.32 Å². The molecule has 0 saturated heterocycles. The molecule has 2 aromatic heterocycles. The van der Waals surface area contributed by atoms with Gasteiger partial charge in [0.1, 0.15) is 0 Å². The van der Waals surface area contributed by atoms with E-state index in [0.29, 0.717) is 0 Å². The molecule has 2 rings (SSSR count). The second-order valence-corrected chi connectivity index (χ2v) is 10.4. The monoisotopic (exact) mass is 485 g/mol. The van der Waals surface area contributed by atoms with Crippen LogP contribution in [0.15, 0.2) is 23.5 Å². The first-order chi connectivity index (χ1) is 9.02. The Morgan fingerprint density at radius 1 is 1.16 bits per heavy atom. The lowest BCUT2D eigenvalue weighted by molar-refractivity contribution is 0.605. The molecule has 0 aliphatic heterocycles. The lowest BCUT2D eigenvalue weighted by Crippen LogP contribution is -2.22. The van der Waals surface area contributed by atoms with Crippen molar-refractivity contribution in [3.63, 3.8) is 0 Å². The van der Waals surface area contributed by atoms with Crippen molar-refractivity contribution in [3.8, 4) is 0 Å². The molecule has 2 heterocycles. The molecule has 19 heavy (non-hydrogen) atoms. The van der Waals surface area contributed by atoms with Crippen LogP contribution in [0.25, 0.3) is 0 Å². The molecule has 2 aromatic rings. The van der Waals surface area contributed by atoms with Crippen molar-refractivity contribution in [2.24, 2.45) is 0 Å². The lowest BCUT2D eigenvalue weighted by Gasteiger charge is -2.16. The number of aryl methyl sites for hydroxylation is 1. The molecule has 0 aliphatic carbocycles. The van der Waals surface area contributed by atoms with Crippen LogP contribution in [0.5, 0.6) is 0 Å². The zero-order valence-electron chi connectivity index (χ0n) is 10.6. The highest BCUT2D eigenvalue weighted by molar-refractivity contribution is 9.12. The molecule has 0 saturated carbocycles. The molecule has 0 bridgehead atoms. The Morgan fingerprint density at radius 3 is 2.37 bits per heavy atom. The van der Waals surface area contributed by atoms with Gasteiger partial charge in [-0.1, -0.05) is 6.92 Å². The molecule has 0 aromatic carbocycles. The molecular formula is C13H14Br3NS2. The zero-order valence-corrected chi connectivity index (χ0v) is 17.0. The Bertz CT molecular complexity index is 543. The maximum absolute atomic E-state index is 3.67. The van der Waals surface area contributed by atoms with Crippen LogP contribution in [0.1, 0.15) is 35.4 Å². The third kappa shape index (κ3) is 3.92. The fourth-order valence-corrected chi connectivity index (χ4v) is 6.40. The average molecular weight is 488 g/mol. The van der Waals surface area contributed by atoms with Crippen molar-refractivity contribution in [1.29, 1.82) is 0 Å². The molecule has 1 atom stereocenters. The van der Waals surface area contributed by atoms with E-state index in [4.69, 9.17) is 0 Å². The number of thiophene rings is 2. The van der Waals surface area contributed by atoms with Gasteiger partial charge in [-0.2, -0.15) is 0 Å². The van der Waals surface area contributed by atoms with E-state index >= 15 is 0 Å². The van der Waals surface area contributed by atoms with E-state index in [1.165, 1.54) is 23.6 Å². The van der Waals surface area contributed by atoms with Crippen molar-refractivity contribution < 1.29 is 0 Å². The van der Waals surface area contributed by atoms with Crippen LogP contribution < -0.4 is 5.32 Å². The van der Waals surface area contributed by atoms with Gasteiger partial charge in [0.2, 0.25) is 0 Å². The fraction of sp³-hybridized carbons (Fsp3) is 0.385. The summed E-state index contributed by atoms with van der Waals surface area (Å²) in [6.45, 7) is 5.34. The first-order valence-electron chi connectivity index (χ1n) is 5.96. The summed E-state index contributed by atoms with van der Waals surface area (Å²) >= 11 is 14.4. The number of halogens is 3. The Hall–Kier alpha value is 0.800. The maximum atomic E-state index is 3.67. The molecule has 1 unspecified atom stereocenters. The lowest BCUT2D eigenvalue weighted by atomic mass is 10.1. The molecular weight excluding hydrogens is 474 g/mol. The summed E-state index contributed by atoms with van der Waals surface area (Å²) in [6.07, 6.45) is 1.13. The number of nitrogens with one attached hydrogen (secondary N) is 1. The molecule has 6 heteroatoms. The van der Waals surface area contributed by atoms with Crippen LogP contribution in [-0.4, -0.2) is 6.54 Å². The van der Waals surface area contributed by atoms with Crippen molar-refractivity contribution >= 4 is 70.5 Å². The van der Waals surface area contributed by atoms with Crippen LogP contribution >= 0.6 is 70.5 Å². The Morgan fingerprint density at radius 2 is 1.89 bits per heavy atom. The normalized spacial score (nSPS) is 12.9. The van der Waals surface area contributed by atoms with Crippen molar-refractivity contribution in [3.05, 3.63) is 39.5 Å². The van der Waals surface area contributed by atoms with Crippen LogP contribution in [0, 0.1) is 6.92 Å². The van der Waals surface area contributed by atoms with Crippen LogP contribution in [0.4, 0.5) is 0 Å². The van der Waals surface area contributed by atoms with E-state index in [0.717, 1.165) is 16.8 Å². The van der Waals surface area contributed by atoms with E-state index < -0.39 is 0 Å². The molecule has 1 nitrogen and oxygen atoms in total. The zero-order chi connectivity index (χ0) is 14.0. The van der Waals surface area contributed by atoms with Gasteiger partial charge in [-0.25, -0.2) is 0 Å². The second-order valence-electron chi connectivity index (χ2n) is 4.27. The summed E-state index contributed by atoms with van der Waals surface area (Å²) in [5.41, 5.74) is 2.60. The van der Waals surface area contributed by atoms with E-state index in [2.05, 4.69) is 79.1 Å². The standard InChI is InChI=1S/C13H14Br3NS2/c1-3-4-17-11(8-6-10(14)19-13(8)16)9-5-7(2)12(15)18-9/h5-6,11,17H,3-4H2,1-2H3. The average Bonchev–Trinajstić information content (AvgIpc) is 2.84. The minimum absolute atomic E-state index is 0.256. The quantitative estimate of drug-likeness (QED) is 0.508. The summed E-state index contributed by atoms with van der Waals surface area (Å²) in [5.74, 6) is 0. The summed E-state index contributed by atoms with van der Waals surface area (Å²) in [6, 6.07) is 4.72. The van der Waals surface area contributed by atoms with E-state index in [-0.39, 0.29) is 6.04 Å². The third-order valence-corrected chi connectivity index (χ3v) is 7.34. The summed E-state index contributed by atoms with van der Waals surface area (Å²) < 4.78 is 3.57. The Labute approximate surface area is 147 Å². The smallest absolute Gasteiger partial charge is 0.0762 e. The third-order valence-electron chi connectivity index (χ3n) is 2.75. The molecule has 0 spiro atoms. The predicted octanol–water partition coefficient (Wildman–Crippen LogP) is 6.49. The molecule has 0 radical (unpaired) electrons. The minimum Gasteiger partial charge on any atom is -0.306 e. The highest BCUT2D eigenvalue weighted by Crippen LogP contribution is 2.41. The van der Waals surface area contributed by atoms with Gasteiger partial charge < -0.3 is 5.32 Å². The molecule has 104 valence electrons. The van der Waals surface area contributed by atoms with Gasteiger partial charge in [0.15, 0.2) is 0 Å². The SMILES string of the molecule is CCCNC(c1cc(C)c(Br)s1)c1cc(Br)sc1Br. The van der Waals surface area contributed by atoms with Crippen LogP contribution in [0.2, 0.25) is 0 Å². The van der Waals surface area contributed by atoms with Gasteiger partial charge in [0, 0.05) is 10.4 Å². The van der Waals surface area contributed by atoms with Gasteiger partial charge in [-0.05, 0) is 85.4 Å². The largest absolute Gasteiger partial charge is 0.306 e. The molecule has 0 aliphatic rings. The fourth-order valence-electron chi connectivity index (χ4n) is 1.83. The maximum Gasteiger partial charge on any atom is 0.0762 e. The van der Waals surface area contributed by atoms with Crippen molar-refractivity contribution in [2.45, 2.75) is 26.3 Å². The van der Waals surface area contributed by atoms with E-state index in [1.54, 1.807) is 11.3 Å². The highest BCUT2D eigenvalue weighted by atomic mass is 79.9.